The number of nitrogens with two attached hydrogens (primary N) is 1. The topological polar surface area (TPSA) is 35.2 Å². The molecule has 0 aliphatic heterocycles. The Hall–Kier alpha value is -1.46. The lowest BCUT2D eigenvalue weighted by Crippen LogP contribution is -2.31. The van der Waals surface area contributed by atoms with Crippen LogP contribution in [0.25, 0.3) is 0 Å². The molecule has 0 radical (unpaired) electrons. The van der Waals surface area contributed by atoms with Gasteiger partial charge in [-0.2, -0.15) is 0 Å². The number of ether oxygens (including phenoxy) is 1. The molecule has 0 saturated carbocycles. The van der Waals surface area contributed by atoms with Crippen molar-refractivity contribution in [2.75, 3.05) is 0 Å². The van der Waals surface area contributed by atoms with Gasteiger partial charge in [0.1, 0.15) is 11.9 Å². The minimum atomic E-state index is -0.542. The third-order valence-electron chi connectivity index (χ3n) is 3.21. The largest absolute Gasteiger partial charge is 0.481 e. The Bertz CT molecular complexity index is 604. The van der Waals surface area contributed by atoms with Crippen molar-refractivity contribution >= 4 is 15.9 Å². The Morgan fingerprint density at radius 2 is 1.81 bits per heavy atom. The molecule has 2 unspecified atom stereocenters. The van der Waals surface area contributed by atoms with Gasteiger partial charge in [-0.25, -0.2) is 8.78 Å². The summed E-state index contributed by atoms with van der Waals surface area (Å²) in [6, 6.07) is 10.0. The third-order valence-corrected chi connectivity index (χ3v) is 3.70. The van der Waals surface area contributed by atoms with Crippen LogP contribution in [0.4, 0.5) is 8.78 Å². The second-order valence-electron chi connectivity index (χ2n) is 4.74. The number of halogens is 3. The summed E-state index contributed by atoms with van der Waals surface area (Å²) in [4.78, 5) is 0. The van der Waals surface area contributed by atoms with Gasteiger partial charge in [-0.1, -0.05) is 35.0 Å². The summed E-state index contributed by atoms with van der Waals surface area (Å²) in [5.41, 5.74) is 6.78. The predicted molar refractivity (Wildman–Crippen MR) is 82.1 cm³/mol. The third kappa shape index (κ3) is 4.02. The molecule has 0 aromatic heterocycles. The maximum atomic E-state index is 13.8. The standard InChI is InChI=1S/C16H16BrF2NO/c1-2-14(20)16(10-3-6-12(18)7-4-10)21-15-9-11(17)5-8-13(15)19/h3-9,14,16H,2,20H2,1H3. The van der Waals surface area contributed by atoms with Crippen molar-refractivity contribution in [3.8, 4) is 5.75 Å². The molecule has 0 bridgehead atoms. The van der Waals surface area contributed by atoms with E-state index >= 15 is 0 Å². The molecule has 0 fully saturated rings. The van der Waals surface area contributed by atoms with Crippen molar-refractivity contribution in [1.82, 2.24) is 0 Å². The van der Waals surface area contributed by atoms with Crippen LogP contribution in [0.15, 0.2) is 46.9 Å². The van der Waals surface area contributed by atoms with Crippen molar-refractivity contribution < 1.29 is 13.5 Å². The van der Waals surface area contributed by atoms with Crippen molar-refractivity contribution in [2.45, 2.75) is 25.5 Å². The first kappa shape index (κ1) is 15.9. The normalized spacial score (nSPS) is 13.8. The maximum absolute atomic E-state index is 13.8. The van der Waals surface area contributed by atoms with Crippen LogP contribution in [0.1, 0.15) is 25.0 Å². The first-order valence-corrected chi connectivity index (χ1v) is 7.43. The smallest absolute Gasteiger partial charge is 0.165 e. The lowest BCUT2D eigenvalue weighted by Gasteiger charge is -2.25. The molecule has 0 heterocycles. The molecule has 2 aromatic carbocycles. The molecule has 21 heavy (non-hydrogen) atoms. The molecule has 2 atom stereocenters. The van der Waals surface area contributed by atoms with E-state index in [-0.39, 0.29) is 17.6 Å². The van der Waals surface area contributed by atoms with E-state index in [1.165, 1.54) is 18.2 Å². The van der Waals surface area contributed by atoms with E-state index < -0.39 is 11.9 Å². The van der Waals surface area contributed by atoms with Gasteiger partial charge in [0.2, 0.25) is 0 Å². The highest BCUT2D eigenvalue weighted by Crippen LogP contribution is 2.29. The molecule has 0 saturated heterocycles. The first-order chi connectivity index (χ1) is 10.0. The zero-order valence-electron chi connectivity index (χ0n) is 11.5. The van der Waals surface area contributed by atoms with Crippen LogP contribution < -0.4 is 10.5 Å². The van der Waals surface area contributed by atoms with Gasteiger partial charge in [0.25, 0.3) is 0 Å². The van der Waals surface area contributed by atoms with Crippen LogP contribution in [0, 0.1) is 11.6 Å². The molecular weight excluding hydrogens is 340 g/mol. The number of benzene rings is 2. The number of rotatable bonds is 5. The van der Waals surface area contributed by atoms with Gasteiger partial charge in [0.05, 0.1) is 0 Å². The van der Waals surface area contributed by atoms with Gasteiger partial charge in [0.15, 0.2) is 11.6 Å². The molecule has 2 rings (SSSR count). The average molecular weight is 356 g/mol. The van der Waals surface area contributed by atoms with Crippen molar-refractivity contribution in [3.63, 3.8) is 0 Å². The van der Waals surface area contributed by atoms with Crippen LogP contribution in [0.2, 0.25) is 0 Å². The van der Waals surface area contributed by atoms with Crippen molar-refractivity contribution in [1.29, 1.82) is 0 Å². The second kappa shape index (κ2) is 7.00. The lowest BCUT2D eigenvalue weighted by molar-refractivity contribution is 0.163. The van der Waals surface area contributed by atoms with E-state index in [1.807, 2.05) is 6.92 Å². The van der Waals surface area contributed by atoms with E-state index in [9.17, 15) is 8.78 Å². The fourth-order valence-corrected chi connectivity index (χ4v) is 2.31. The van der Waals surface area contributed by atoms with Crippen molar-refractivity contribution in [3.05, 3.63) is 64.1 Å². The summed E-state index contributed by atoms with van der Waals surface area (Å²) in [6.45, 7) is 1.92. The summed E-state index contributed by atoms with van der Waals surface area (Å²) >= 11 is 3.28. The zero-order valence-corrected chi connectivity index (χ0v) is 13.1. The van der Waals surface area contributed by atoms with Gasteiger partial charge >= 0.3 is 0 Å². The van der Waals surface area contributed by atoms with Gasteiger partial charge < -0.3 is 10.5 Å². The molecule has 5 heteroatoms. The Morgan fingerprint density at radius 3 is 2.43 bits per heavy atom. The van der Waals surface area contributed by atoms with Crippen LogP contribution in [0.5, 0.6) is 5.75 Å². The SMILES string of the molecule is CCC(N)C(Oc1cc(Br)ccc1F)c1ccc(F)cc1. The molecule has 0 amide bonds. The van der Waals surface area contributed by atoms with Crippen LogP contribution in [-0.4, -0.2) is 6.04 Å². The summed E-state index contributed by atoms with van der Waals surface area (Å²) in [5.74, 6) is -0.688. The summed E-state index contributed by atoms with van der Waals surface area (Å²) in [6.07, 6.45) is 0.108. The van der Waals surface area contributed by atoms with E-state index in [1.54, 1.807) is 24.3 Å². The van der Waals surface area contributed by atoms with E-state index in [0.29, 0.717) is 16.5 Å². The number of hydrogen-bond acceptors (Lipinski definition) is 2. The van der Waals surface area contributed by atoms with Crippen LogP contribution >= 0.6 is 15.9 Å². The molecule has 2 N–H and O–H groups in total. The quantitative estimate of drug-likeness (QED) is 0.851. The molecule has 2 aromatic rings. The fourth-order valence-electron chi connectivity index (χ4n) is 1.97. The second-order valence-corrected chi connectivity index (χ2v) is 5.65. The molecular formula is C16H16BrF2NO. The van der Waals surface area contributed by atoms with E-state index in [2.05, 4.69) is 15.9 Å². The predicted octanol–water partition coefficient (Wildman–Crippen LogP) is 4.58. The monoisotopic (exact) mass is 355 g/mol. The Labute approximate surface area is 131 Å². The zero-order chi connectivity index (χ0) is 15.4. The minimum Gasteiger partial charge on any atom is -0.481 e. The van der Waals surface area contributed by atoms with Crippen LogP contribution in [0.3, 0.4) is 0 Å². The first-order valence-electron chi connectivity index (χ1n) is 6.64. The maximum Gasteiger partial charge on any atom is 0.165 e. The summed E-state index contributed by atoms with van der Waals surface area (Å²) in [7, 11) is 0. The van der Waals surface area contributed by atoms with Crippen LogP contribution in [-0.2, 0) is 0 Å². The van der Waals surface area contributed by atoms with Gasteiger partial charge in [-0.15, -0.1) is 0 Å². The van der Waals surface area contributed by atoms with E-state index in [4.69, 9.17) is 10.5 Å². The summed E-state index contributed by atoms with van der Waals surface area (Å²) < 4.78 is 33.3. The summed E-state index contributed by atoms with van der Waals surface area (Å²) in [5, 5.41) is 0. The Kier molecular flexibility index (Phi) is 5.31. The highest BCUT2D eigenvalue weighted by atomic mass is 79.9. The fraction of sp³-hybridized carbons (Fsp3) is 0.250. The molecule has 0 spiro atoms. The van der Waals surface area contributed by atoms with Gasteiger partial charge in [0, 0.05) is 10.5 Å². The Morgan fingerprint density at radius 1 is 1.14 bits per heavy atom. The minimum absolute atomic E-state index is 0.114. The molecule has 0 aliphatic carbocycles. The van der Waals surface area contributed by atoms with Gasteiger partial charge in [-0.3, -0.25) is 0 Å². The average Bonchev–Trinajstić information content (AvgIpc) is 2.48. The number of hydrogen-bond donors (Lipinski definition) is 1. The lowest BCUT2D eigenvalue weighted by atomic mass is 10.0. The highest BCUT2D eigenvalue weighted by molar-refractivity contribution is 9.10. The van der Waals surface area contributed by atoms with E-state index in [0.717, 1.165) is 0 Å². The Balaban J connectivity index is 2.32. The van der Waals surface area contributed by atoms with Gasteiger partial charge in [-0.05, 0) is 42.3 Å². The highest BCUT2D eigenvalue weighted by Gasteiger charge is 2.22. The molecule has 2 nitrogen and oxygen atoms in total. The molecule has 0 aliphatic rings. The van der Waals surface area contributed by atoms with Crippen molar-refractivity contribution in [2.24, 2.45) is 5.73 Å². The molecule has 112 valence electrons.